The Morgan fingerprint density at radius 3 is 2.78 bits per heavy atom. The molecule has 0 radical (unpaired) electrons. The number of nitrogens with two attached hydrogens (primary N) is 1. The van der Waals surface area contributed by atoms with Crippen molar-refractivity contribution in [2.75, 3.05) is 0 Å². The first-order valence-electron chi connectivity index (χ1n) is 5.25. The molecule has 3 N–H and O–H groups in total. The first-order valence-corrected chi connectivity index (χ1v) is 5.25. The predicted octanol–water partition coefficient (Wildman–Crippen LogP) is 1.92. The van der Waals surface area contributed by atoms with Crippen molar-refractivity contribution in [2.45, 2.75) is 0 Å². The van der Waals surface area contributed by atoms with E-state index in [-0.39, 0.29) is 5.75 Å². The van der Waals surface area contributed by atoms with Crippen molar-refractivity contribution in [3.8, 4) is 11.8 Å². The van der Waals surface area contributed by atoms with Crippen molar-refractivity contribution in [2.24, 2.45) is 5.73 Å². The first-order chi connectivity index (χ1) is 8.61. The average Bonchev–Trinajstić information content (AvgIpc) is 2.36. The number of primary amides is 1. The van der Waals surface area contributed by atoms with E-state index in [4.69, 9.17) is 11.0 Å². The van der Waals surface area contributed by atoms with Gasteiger partial charge in [0.25, 0.3) is 0 Å². The molecule has 0 bridgehead atoms. The number of rotatable bonds is 2. The van der Waals surface area contributed by atoms with Crippen LogP contribution in [0.4, 0.5) is 0 Å². The molecular weight excluding hydrogens is 228 g/mol. The minimum absolute atomic E-state index is 0.0599. The topological polar surface area (TPSA) is 87.1 Å². The molecule has 0 spiro atoms. The summed E-state index contributed by atoms with van der Waals surface area (Å²) in [6.45, 7) is 0. The van der Waals surface area contributed by atoms with Gasteiger partial charge in [-0.2, -0.15) is 5.26 Å². The van der Waals surface area contributed by atoms with Gasteiger partial charge in [-0.05, 0) is 35.0 Å². The summed E-state index contributed by atoms with van der Waals surface area (Å²) in [5, 5.41) is 20.2. The fraction of sp³-hybridized carbons (Fsp3) is 0. The van der Waals surface area contributed by atoms with E-state index in [1.165, 1.54) is 18.2 Å². The monoisotopic (exact) mass is 238 g/mol. The van der Waals surface area contributed by atoms with E-state index in [9.17, 15) is 9.90 Å². The number of benzene rings is 2. The van der Waals surface area contributed by atoms with Gasteiger partial charge in [0.2, 0.25) is 5.91 Å². The van der Waals surface area contributed by atoms with Crippen LogP contribution in [0.25, 0.3) is 16.8 Å². The molecule has 0 aliphatic rings. The summed E-state index contributed by atoms with van der Waals surface area (Å²) in [6, 6.07) is 10.4. The van der Waals surface area contributed by atoms with Gasteiger partial charge in [0.1, 0.15) is 5.75 Å². The van der Waals surface area contributed by atoms with Crippen LogP contribution in [0.2, 0.25) is 0 Å². The SMILES string of the molecule is N#Cc1ccc2c(C=CC(N)=O)c(O)ccc2c1. The minimum Gasteiger partial charge on any atom is -0.507 e. The maximum absolute atomic E-state index is 10.7. The summed E-state index contributed by atoms with van der Waals surface area (Å²) in [7, 11) is 0. The van der Waals surface area contributed by atoms with Crippen LogP contribution < -0.4 is 5.73 Å². The molecule has 0 fully saturated rings. The third-order valence-electron chi connectivity index (χ3n) is 2.58. The molecule has 4 nitrogen and oxygen atoms in total. The van der Waals surface area contributed by atoms with E-state index < -0.39 is 5.91 Å². The number of phenols is 1. The highest BCUT2D eigenvalue weighted by Gasteiger charge is 2.05. The number of phenolic OH excluding ortho intramolecular Hbond substituents is 1. The molecule has 0 saturated heterocycles. The lowest BCUT2D eigenvalue weighted by Gasteiger charge is -2.05. The van der Waals surface area contributed by atoms with Gasteiger partial charge in [0, 0.05) is 11.6 Å². The fourth-order valence-corrected chi connectivity index (χ4v) is 1.75. The van der Waals surface area contributed by atoms with Crippen LogP contribution in [0.1, 0.15) is 11.1 Å². The number of nitriles is 1. The number of carbonyl (C=O) groups is 1. The molecule has 0 aromatic heterocycles. The first kappa shape index (κ1) is 11.7. The Labute approximate surface area is 104 Å². The zero-order valence-corrected chi connectivity index (χ0v) is 9.42. The minimum atomic E-state index is -0.583. The average molecular weight is 238 g/mol. The molecule has 4 heteroatoms. The second kappa shape index (κ2) is 4.60. The molecule has 0 atom stereocenters. The standard InChI is InChI=1S/C14H10N2O2/c15-8-9-1-3-11-10(7-9)2-5-13(17)12(11)4-6-14(16)18/h1-7,17H,(H2,16,18). The number of fused-ring (bicyclic) bond motifs is 1. The summed E-state index contributed by atoms with van der Waals surface area (Å²) in [5.74, 6) is -0.523. The Hall–Kier alpha value is -2.80. The van der Waals surface area contributed by atoms with Gasteiger partial charge in [-0.15, -0.1) is 0 Å². The van der Waals surface area contributed by atoms with E-state index >= 15 is 0 Å². The summed E-state index contributed by atoms with van der Waals surface area (Å²) in [4.78, 5) is 10.7. The lowest BCUT2D eigenvalue weighted by molar-refractivity contribution is -0.113. The highest BCUT2D eigenvalue weighted by atomic mass is 16.3. The molecule has 2 aromatic rings. The van der Waals surface area contributed by atoms with Crippen LogP contribution in [0.5, 0.6) is 5.75 Å². The van der Waals surface area contributed by atoms with Crippen LogP contribution in [0.15, 0.2) is 36.4 Å². The van der Waals surface area contributed by atoms with Gasteiger partial charge in [-0.25, -0.2) is 0 Å². The zero-order chi connectivity index (χ0) is 13.1. The van der Waals surface area contributed by atoms with Crippen LogP contribution in [-0.2, 0) is 4.79 Å². The van der Waals surface area contributed by atoms with Crippen molar-refractivity contribution in [3.63, 3.8) is 0 Å². The Morgan fingerprint density at radius 1 is 1.33 bits per heavy atom. The molecule has 0 heterocycles. The van der Waals surface area contributed by atoms with Crippen molar-refractivity contribution in [1.29, 1.82) is 5.26 Å². The highest BCUT2D eigenvalue weighted by molar-refractivity contribution is 5.98. The largest absolute Gasteiger partial charge is 0.507 e. The normalized spacial score (nSPS) is 10.6. The van der Waals surface area contributed by atoms with Crippen LogP contribution >= 0.6 is 0 Å². The third kappa shape index (κ3) is 2.15. The van der Waals surface area contributed by atoms with Crippen molar-refractivity contribution in [1.82, 2.24) is 0 Å². The lowest BCUT2D eigenvalue weighted by Crippen LogP contribution is -2.05. The van der Waals surface area contributed by atoms with Crippen molar-refractivity contribution < 1.29 is 9.90 Å². The predicted molar refractivity (Wildman–Crippen MR) is 68.6 cm³/mol. The van der Waals surface area contributed by atoms with Crippen molar-refractivity contribution >= 4 is 22.8 Å². The van der Waals surface area contributed by atoms with Gasteiger partial charge < -0.3 is 10.8 Å². The number of aromatic hydroxyl groups is 1. The second-order valence-corrected chi connectivity index (χ2v) is 3.78. The lowest BCUT2D eigenvalue weighted by atomic mass is 10.0. The Bertz CT molecular complexity index is 697. The molecule has 1 amide bonds. The van der Waals surface area contributed by atoms with Crippen molar-refractivity contribution in [3.05, 3.63) is 47.5 Å². The molecule has 18 heavy (non-hydrogen) atoms. The summed E-state index contributed by atoms with van der Waals surface area (Å²) in [6.07, 6.45) is 2.65. The van der Waals surface area contributed by atoms with Gasteiger partial charge >= 0.3 is 0 Å². The quantitative estimate of drug-likeness (QED) is 0.783. The van der Waals surface area contributed by atoms with E-state index in [2.05, 4.69) is 0 Å². The number of hydrogen-bond donors (Lipinski definition) is 2. The van der Waals surface area contributed by atoms with Crippen LogP contribution in [-0.4, -0.2) is 11.0 Å². The summed E-state index contributed by atoms with van der Waals surface area (Å²) < 4.78 is 0. The van der Waals surface area contributed by atoms with Gasteiger partial charge in [0.05, 0.1) is 11.6 Å². The van der Waals surface area contributed by atoms with E-state index in [1.54, 1.807) is 24.3 Å². The Morgan fingerprint density at radius 2 is 2.11 bits per heavy atom. The van der Waals surface area contributed by atoms with Crippen LogP contribution in [0, 0.1) is 11.3 Å². The van der Waals surface area contributed by atoms with E-state index in [1.807, 2.05) is 6.07 Å². The van der Waals surface area contributed by atoms with E-state index in [0.29, 0.717) is 11.1 Å². The molecule has 2 rings (SSSR count). The number of amides is 1. The van der Waals surface area contributed by atoms with Gasteiger partial charge in [-0.3, -0.25) is 4.79 Å². The van der Waals surface area contributed by atoms with Gasteiger partial charge in [-0.1, -0.05) is 12.1 Å². The van der Waals surface area contributed by atoms with Gasteiger partial charge in [0.15, 0.2) is 0 Å². The van der Waals surface area contributed by atoms with E-state index in [0.717, 1.165) is 10.8 Å². The maximum Gasteiger partial charge on any atom is 0.241 e. The molecule has 88 valence electrons. The number of nitrogens with zero attached hydrogens (tertiary/aromatic N) is 1. The molecule has 0 unspecified atom stereocenters. The zero-order valence-electron chi connectivity index (χ0n) is 9.42. The Kier molecular flexibility index (Phi) is 2.98. The molecular formula is C14H10N2O2. The van der Waals surface area contributed by atoms with Crippen LogP contribution in [0.3, 0.4) is 0 Å². The maximum atomic E-state index is 10.7. The highest BCUT2D eigenvalue weighted by Crippen LogP contribution is 2.28. The summed E-state index contributed by atoms with van der Waals surface area (Å²) >= 11 is 0. The molecule has 0 aliphatic carbocycles. The molecule has 0 saturated carbocycles. The fourth-order valence-electron chi connectivity index (χ4n) is 1.75. The second-order valence-electron chi connectivity index (χ2n) is 3.78. The Balaban J connectivity index is 2.68. The smallest absolute Gasteiger partial charge is 0.241 e. The third-order valence-corrected chi connectivity index (χ3v) is 2.58. The number of hydrogen-bond acceptors (Lipinski definition) is 3. The number of carbonyl (C=O) groups excluding carboxylic acids is 1. The molecule has 0 aliphatic heterocycles. The summed E-state index contributed by atoms with van der Waals surface area (Å²) in [5.41, 5.74) is 6.08. The molecule has 2 aromatic carbocycles.